The highest BCUT2D eigenvalue weighted by Crippen LogP contribution is 2.26. The van der Waals surface area contributed by atoms with Crippen molar-refractivity contribution in [3.8, 4) is 0 Å². The minimum Gasteiger partial charge on any atom is -0.371 e. The zero-order valence-electron chi connectivity index (χ0n) is 13.3. The second kappa shape index (κ2) is 6.38. The number of aromatic nitrogens is 1. The summed E-state index contributed by atoms with van der Waals surface area (Å²) < 4.78 is 5.77. The Hall–Kier alpha value is -2.40. The molecule has 0 fully saturated rings. The van der Waals surface area contributed by atoms with Crippen molar-refractivity contribution in [1.29, 1.82) is 0 Å². The molecular formula is C18H20N2O3. The maximum absolute atomic E-state index is 12.4. The highest BCUT2D eigenvalue weighted by Gasteiger charge is 2.22. The normalized spacial score (nSPS) is 16.7. The first-order valence-corrected chi connectivity index (χ1v) is 7.74. The predicted molar refractivity (Wildman–Crippen MR) is 87.7 cm³/mol. The molecule has 0 radical (unpaired) electrons. The Kier molecular flexibility index (Phi) is 4.30. The van der Waals surface area contributed by atoms with Gasteiger partial charge in [0, 0.05) is 12.2 Å². The van der Waals surface area contributed by atoms with Gasteiger partial charge >= 0.3 is 0 Å². The van der Waals surface area contributed by atoms with Crippen molar-refractivity contribution in [1.82, 2.24) is 10.3 Å². The molecule has 120 valence electrons. The second-order valence-electron chi connectivity index (χ2n) is 5.86. The van der Waals surface area contributed by atoms with Crippen LogP contribution in [0.3, 0.4) is 0 Å². The molecule has 1 aromatic heterocycles. The molecule has 0 saturated carbocycles. The van der Waals surface area contributed by atoms with Gasteiger partial charge < -0.3 is 15.0 Å². The molecule has 0 unspecified atom stereocenters. The predicted octanol–water partition coefficient (Wildman–Crippen LogP) is 2.04. The SMILES string of the molecule is Cc1cc(C)c(C(=O)NC[C@@H]2OCCc3ccccc32)c(=O)[nH]1. The van der Waals surface area contributed by atoms with Crippen molar-refractivity contribution in [3.63, 3.8) is 0 Å². The fourth-order valence-electron chi connectivity index (χ4n) is 3.06. The zero-order valence-corrected chi connectivity index (χ0v) is 13.3. The summed E-state index contributed by atoms with van der Waals surface area (Å²) in [6.45, 7) is 4.55. The summed E-state index contributed by atoms with van der Waals surface area (Å²) in [7, 11) is 0. The fourth-order valence-corrected chi connectivity index (χ4v) is 3.06. The molecule has 23 heavy (non-hydrogen) atoms. The van der Waals surface area contributed by atoms with Gasteiger partial charge in [0.15, 0.2) is 0 Å². The van der Waals surface area contributed by atoms with Crippen LogP contribution in [0, 0.1) is 13.8 Å². The molecule has 5 nitrogen and oxygen atoms in total. The molecule has 1 aliphatic rings. The van der Waals surface area contributed by atoms with Gasteiger partial charge in [0.25, 0.3) is 11.5 Å². The van der Waals surface area contributed by atoms with E-state index in [2.05, 4.69) is 16.4 Å². The molecular weight excluding hydrogens is 292 g/mol. The lowest BCUT2D eigenvalue weighted by Gasteiger charge is -2.26. The van der Waals surface area contributed by atoms with E-state index < -0.39 is 0 Å². The Bertz CT molecular complexity index is 795. The quantitative estimate of drug-likeness (QED) is 0.911. The van der Waals surface area contributed by atoms with Crippen LogP contribution < -0.4 is 10.9 Å². The van der Waals surface area contributed by atoms with Crippen molar-refractivity contribution in [2.45, 2.75) is 26.4 Å². The number of carbonyl (C=O) groups excluding carboxylic acids is 1. The Labute approximate surface area is 134 Å². The zero-order chi connectivity index (χ0) is 16.4. The van der Waals surface area contributed by atoms with Crippen LogP contribution in [-0.4, -0.2) is 24.0 Å². The number of hydrogen-bond acceptors (Lipinski definition) is 3. The van der Waals surface area contributed by atoms with E-state index in [1.165, 1.54) is 5.56 Å². The molecule has 0 saturated heterocycles. The molecule has 1 aliphatic heterocycles. The Morgan fingerprint density at radius 1 is 1.35 bits per heavy atom. The van der Waals surface area contributed by atoms with E-state index in [9.17, 15) is 9.59 Å². The molecule has 0 bridgehead atoms. The summed E-state index contributed by atoms with van der Waals surface area (Å²) in [6.07, 6.45) is 0.714. The number of aryl methyl sites for hydroxylation is 2. The van der Waals surface area contributed by atoms with Gasteiger partial charge in [-0.2, -0.15) is 0 Å². The number of H-pyrrole nitrogens is 1. The first-order chi connectivity index (χ1) is 11.1. The standard InChI is InChI=1S/C18H20N2O3/c1-11-9-12(2)20-18(22)16(11)17(21)19-10-15-14-6-4-3-5-13(14)7-8-23-15/h3-6,9,15H,7-8,10H2,1-2H3,(H,19,21)(H,20,22)/t15-/m0/s1. The number of amides is 1. The Balaban J connectivity index is 1.75. The second-order valence-corrected chi connectivity index (χ2v) is 5.86. The van der Waals surface area contributed by atoms with Gasteiger partial charge in [-0.25, -0.2) is 0 Å². The number of fused-ring (bicyclic) bond motifs is 1. The maximum atomic E-state index is 12.4. The number of ether oxygens (including phenoxy) is 1. The van der Waals surface area contributed by atoms with Gasteiger partial charge in [0.2, 0.25) is 0 Å². The molecule has 2 N–H and O–H groups in total. The average Bonchev–Trinajstić information content (AvgIpc) is 2.52. The van der Waals surface area contributed by atoms with Crippen LogP contribution in [-0.2, 0) is 11.2 Å². The molecule has 3 rings (SSSR count). The largest absolute Gasteiger partial charge is 0.371 e. The van der Waals surface area contributed by atoms with Gasteiger partial charge in [-0.3, -0.25) is 9.59 Å². The summed E-state index contributed by atoms with van der Waals surface area (Å²) in [5.74, 6) is -0.365. The van der Waals surface area contributed by atoms with Gasteiger partial charge in [-0.15, -0.1) is 0 Å². The van der Waals surface area contributed by atoms with E-state index in [-0.39, 0.29) is 23.1 Å². The van der Waals surface area contributed by atoms with Crippen molar-refractivity contribution in [2.24, 2.45) is 0 Å². The maximum Gasteiger partial charge on any atom is 0.261 e. The number of hydrogen-bond donors (Lipinski definition) is 2. The van der Waals surface area contributed by atoms with Crippen molar-refractivity contribution < 1.29 is 9.53 Å². The van der Waals surface area contributed by atoms with E-state index >= 15 is 0 Å². The molecule has 1 atom stereocenters. The van der Waals surface area contributed by atoms with Crippen LogP contribution in [0.2, 0.25) is 0 Å². The Morgan fingerprint density at radius 2 is 2.13 bits per heavy atom. The van der Waals surface area contributed by atoms with Crippen molar-refractivity contribution >= 4 is 5.91 Å². The van der Waals surface area contributed by atoms with E-state index in [0.29, 0.717) is 18.7 Å². The molecule has 5 heteroatoms. The van der Waals surface area contributed by atoms with E-state index in [4.69, 9.17) is 4.74 Å². The summed E-state index contributed by atoms with van der Waals surface area (Å²) in [5, 5.41) is 2.83. The van der Waals surface area contributed by atoms with E-state index in [0.717, 1.165) is 17.7 Å². The summed E-state index contributed by atoms with van der Waals surface area (Å²) in [6, 6.07) is 9.88. The monoisotopic (exact) mass is 312 g/mol. The lowest BCUT2D eigenvalue weighted by molar-refractivity contribution is 0.0411. The third kappa shape index (κ3) is 3.19. The molecule has 2 aromatic rings. The average molecular weight is 312 g/mol. The lowest BCUT2D eigenvalue weighted by Crippen LogP contribution is -2.35. The van der Waals surface area contributed by atoms with Gasteiger partial charge in [-0.1, -0.05) is 24.3 Å². The third-order valence-corrected chi connectivity index (χ3v) is 4.13. The number of rotatable bonds is 3. The highest BCUT2D eigenvalue weighted by atomic mass is 16.5. The van der Waals surface area contributed by atoms with Crippen molar-refractivity contribution in [3.05, 3.63) is 68.6 Å². The summed E-state index contributed by atoms with van der Waals surface area (Å²) in [5.41, 5.74) is 3.59. The van der Waals surface area contributed by atoms with Crippen LogP contribution in [0.25, 0.3) is 0 Å². The van der Waals surface area contributed by atoms with Crippen LogP contribution in [0.4, 0.5) is 0 Å². The number of carbonyl (C=O) groups is 1. The molecule has 0 spiro atoms. The fraction of sp³-hybridized carbons (Fsp3) is 0.333. The number of aromatic amines is 1. The lowest BCUT2D eigenvalue weighted by atomic mass is 9.97. The first-order valence-electron chi connectivity index (χ1n) is 7.74. The first kappa shape index (κ1) is 15.5. The van der Waals surface area contributed by atoms with Gasteiger partial charge in [0.05, 0.1) is 6.61 Å². The molecule has 0 aliphatic carbocycles. The van der Waals surface area contributed by atoms with Gasteiger partial charge in [0.1, 0.15) is 11.7 Å². The third-order valence-electron chi connectivity index (χ3n) is 4.13. The minimum atomic E-state index is -0.365. The number of pyridine rings is 1. The van der Waals surface area contributed by atoms with E-state index in [1.54, 1.807) is 19.9 Å². The van der Waals surface area contributed by atoms with Gasteiger partial charge in [-0.05, 0) is 43.0 Å². The summed E-state index contributed by atoms with van der Waals surface area (Å²) in [4.78, 5) is 27.0. The Morgan fingerprint density at radius 3 is 2.91 bits per heavy atom. The van der Waals surface area contributed by atoms with E-state index in [1.807, 2.05) is 18.2 Å². The number of benzene rings is 1. The van der Waals surface area contributed by atoms with Crippen LogP contribution in [0.5, 0.6) is 0 Å². The topological polar surface area (TPSA) is 71.2 Å². The van der Waals surface area contributed by atoms with Crippen LogP contribution in [0.15, 0.2) is 35.1 Å². The molecule has 1 amide bonds. The van der Waals surface area contributed by atoms with Crippen LogP contribution in [0.1, 0.15) is 38.8 Å². The smallest absolute Gasteiger partial charge is 0.261 e. The molecule has 1 aromatic carbocycles. The highest BCUT2D eigenvalue weighted by molar-refractivity contribution is 5.95. The molecule has 2 heterocycles. The van der Waals surface area contributed by atoms with Crippen LogP contribution >= 0.6 is 0 Å². The number of nitrogens with one attached hydrogen (secondary N) is 2. The minimum absolute atomic E-state index is 0.166. The van der Waals surface area contributed by atoms with Crippen molar-refractivity contribution in [2.75, 3.05) is 13.2 Å². The summed E-state index contributed by atoms with van der Waals surface area (Å²) >= 11 is 0.